The molecule has 2 fully saturated rings. The molecule has 13 nitrogen and oxygen atoms in total. The molecular formula is C54H65NO12. The van der Waals surface area contributed by atoms with E-state index < -0.39 is 42.0 Å². The third-order valence-electron chi connectivity index (χ3n) is 14.4. The molecule has 9 rings (SSSR count). The molecule has 2 heterocycles. The molecule has 2 saturated carbocycles. The van der Waals surface area contributed by atoms with Crippen LogP contribution >= 0.6 is 0 Å². The molecule has 0 spiro atoms. The van der Waals surface area contributed by atoms with Crippen LogP contribution in [0, 0.1) is 11.8 Å². The summed E-state index contributed by atoms with van der Waals surface area (Å²) in [6.45, 7) is 0.718. The number of phenolic OH excluding ortho intramolecular Hbond substituents is 3. The predicted octanol–water partition coefficient (Wildman–Crippen LogP) is 8.75. The number of methoxy groups -OCH3 is 2. The fourth-order valence-electron chi connectivity index (χ4n) is 11.1. The molecule has 0 aromatic heterocycles. The highest BCUT2D eigenvalue weighted by atomic mass is 16.5. The number of ether oxygens (including phenoxy) is 6. The zero-order chi connectivity index (χ0) is 46.7. The summed E-state index contributed by atoms with van der Waals surface area (Å²) in [4.78, 5) is 0. The van der Waals surface area contributed by atoms with Gasteiger partial charge in [0.05, 0.1) is 38.1 Å². The number of benzene rings is 5. The molecule has 0 amide bonds. The zero-order valence-corrected chi connectivity index (χ0v) is 38.5. The van der Waals surface area contributed by atoms with E-state index in [4.69, 9.17) is 28.4 Å². The molecule has 4 aliphatic rings. The van der Waals surface area contributed by atoms with E-state index in [1.807, 2.05) is 36.4 Å². The van der Waals surface area contributed by atoms with Crippen molar-refractivity contribution in [1.82, 2.24) is 5.32 Å². The van der Waals surface area contributed by atoms with Crippen molar-refractivity contribution >= 4 is 10.8 Å². The Hall–Kier alpha value is -5.28. The second kappa shape index (κ2) is 20.5. The lowest BCUT2D eigenvalue weighted by molar-refractivity contribution is -0.138. The number of nitrogens with one attached hydrogen (secondary N) is 1. The summed E-state index contributed by atoms with van der Waals surface area (Å²) in [5.74, 6) is 1.47. The van der Waals surface area contributed by atoms with Crippen molar-refractivity contribution in [1.29, 1.82) is 0 Å². The van der Waals surface area contributed by atoms with Crippen LogP contribution in [-0.4, -0.2) is 95.3 Å². The van der Waals surface area contributed by atoms with Crippen LogP contribution < -0.4 is 24.3 Å². The van der Waals surface area contributed by atoms with Gasteiger partial charge in [-0.15, -0.1) is 0 Å². The maximum atomic E-state index is 13.1. The molecule has 0 radical (unpaired) electrons. The number of phenols is 3. The van der Waals surface area contributed by atoms with Gasteiger partial charge >= 0.3 is 0 Å². The number of hydrogen-bond acceptors (Lipinski definition) is 13. The molecule has 358 valence electrons. The summed E-state index contributed by atoms with van der Waals surface area (Å²) in [6.07, 6.45) is 6.08. The molecule has 5 aromatic rings. The lowest BCUT2D eigenvalue weighted by Gasteiger charge is -2.47. The number of fused-ring (bicyclic) bond motifs is 4. The van der Waals surface area contributed by atoms with Crippen molar-refractivity contribution in [2.24, 2.45) is 11.8 Å². The minimum atomic E-state index is -1.08. The van der Waals surface area contributed by atoms with E-state index in [9.17, 15) is 30.6 Å². The van der Waals surface area contributed by atoms with Crippen molar-refractivity contribution in [3.05, 3.63) is 101 Å². The second-order valence-corrected chi connectivity index (χ2v) is 18.9. The predicted molar refractivity (Wildman–Crippen MR) is 253 cm³/mol. The minimum absolute atomic E-state index is 0.0317. The van der Waals surface area contributed by atoms with Gasteiger partial charge in [0.15, 0.2) is 0 Å². The Kier molecular flexibility index (Phi) is 14.3. The van der Waals surface area contributed by atoms with E-state index in [2.05, 4.69) is 5.32 Å². The first-order valence-corrected chi connectivity index (χ1v) is 24.0. The quantitative estimate of drug-likeness (QED) is 0.0327. The molecule has 2 aliphatic heterocycles. The van der Waals surface area contributed by atoms with E-state index in [0.717, 1.165) is 66.2 Å². The van der Waals surface area contributed by atoms with Crippen molar-refractivity contribution < 1.29 is 59.1 Å². The van der Waals surface area contributed by atoms with E-state index >= 15 is 0 Å². The molecule has 2 aliphatic carbocycles. The Bertz CT molecular complexity index is 2500. The van der Waals surface area contributed by atoms with Crippen LogP contribution in [0.15, 0.2) is 78.9 Å². The topological polar surface area (TPSA) is 189 Å². The summed E-state index contributed by atoms with van der Waals surface area (Å²) in [6, 6.07) is 23.1. The molecule has 6 atom stereocenters. The Morgan fingerprint density at radius 1 is 0.821 bits per heavy atom. The molecule has 6 unspecified atom stereocenters. The summed E-state index contributed by atoms with van der Waals surface area (Å²) in [7, 11) is 3.25. The number of aromatic hydroxyl groups is 3. The average Bonchev–Trinajstić information content (AvgIpc) is 4.01. The van der Waals surface area contributed by atoms with E-state index in [1.165, 1.54) is 0 Å². The fourth-order valence-corrected chi connectivity index (χ4v) is 11.1. The van der Waals surface area contributed by atoms with Crippen LogP contribution in [0.2, 0.25) is 0 Å². The van der Waals surface area contributed by atoms with Gasteiger partial charge in [-0.1, -0.05) is 18.2 Å². The Balaban J connectivity index is 1.15. The van der Waals surface area contributed by atoms with Crippen molar-refractivity contribution in [2.45, 2.75) is 113 Å². The van der Waals surface area contributed by atoms with Crippen LogP contribution in [0.25, 0.3) is 21.9 Å². The van der Waals surface area contributed by atoms with Gasteiger partial charge in [0.1, 0.15) is 52.1 Å². The largest absolute Gasteiger partial charge is 0.508 e. The number of aliphatic hydroxyl groups excluding tert-OH is 2. The average molecular weight is 920 g/mol. The molecule has 5 aromatic carbocycles. The Morgan fingerprint density at radius 2 is 1.60 bits per heavy atom. The molecular weight excluding hydrogens is 855 g/mol. The van der Waals surface area contributed by atoms with E-state index in [-0.39, 0.29) is 49.5 Å². The first-order valence-electron chi connectivity index (χ1n) is 24.0. The first-order chi connectivity index (χ1) is 32.5. The smallest absolute Gasteiger partial charge is 0.133 e. The normalized spacial score (nSPS) is 22.7. The van der Waals surface area contributed by atoms with Crippen LogP contribution in [0.1, 0.15) is 105 Å². The zero-order valence-electron chi connectivity index (χ0n) is 38.5. The van der Waals surface area contributed by atoms with Crippen molar-refractivity contribution in [3.8, 4) is 51.4 Å². The minimum Gasteiger partial charge on any atom is -0.508 e. The molecule has 0 bridgehead atoms. The maximum Gasteiger partial charge on any atom is 0.133 e. The fraction of sp³-hybridized carbons (Fsp3) is 0.481. The third-order valence-corrected chi connectivity index (χ3v) is 14.4. The van der Waals surface area contributed by atoms with E-state index in [1.54, 1.807) is 56.7 Å². The molecule has 67 heavy (non-hydrogen) atoms. The van der Waals surface area contributed by atoms with Gasteiger partial charge < -0.3 is 59.1 Å². The van der Waals surface area contributed by atoms with Crippen LogP contribution in [-0.2, 0) is 15.9 Å². The van der Waals surface area contributed by atoms with Crippen LogP contribution in [0.3, 0.4) is 0 Å². The second-order valence-electron chi connectivity index (χ2n) is 18.9. The summed E-state index contributed by atoms with van der Waals surface area (Å²) >= 11 is 0. The SMILES string of the molecule is COCCCC1Oc2c(cc(OC)c3cc(O)ccc23)C(OC(CCO)CNC2(O)CCCC2)C1C1COc2c(Cc3cc(O)ccc3-c3cccc(O)c3)cc(OC3CCCC3)cc2C1O. The van der Waals surface area contributed by atoms with Crippen LogP contribution in [0.5, 0.6) is 40.2 Å². The summed E-state index contributed by atoms with van der Waals surface area (Å²) < 4.78 is 39.5. The standard InChI is InChI=1S/C54H65NO12/c1-62-22-8-13-47-49(53(66-39(18-21-56)30-55-54(61)19-5-6-20-54)45-29-48(63-2)43-27-37(59)15-17-42(43)52(45)67-47)46-31-64-51-34(26-40(28-44(51)50(46)60)65-38-11-3-4-12-38)23-33-25-36(58)14-16-41(33)32-9-7-10-35(57)24-32/h7,9-10,14-17,24-29,38-39,46-47,49-50,53,55-61H,3-6,8,11-13,18-23,30-31H2,1-2H3. The lowest BCUT2D eigenvalue weighted by atomic mass is 9.72. The number of rotatable bonds is 18. The highest BCUT2D eigenvalue weighted by molar-refractivity contribution is 5.96. The Morgan fingerprint density at radius 3 is 2.36 bits per heavy atom. The summed E-state index contributed by atoms with van der Waals surface area (Å²) in [5, 5.41) is 71.5. The third kappa shape index (κ3) is 10.1. The van der Waals surface area contributed by atoms with Crippen molar-refractivity contribution in [2.75, 3.05) is 40.6 Å². The highest BCUT2D eigenvalue weighted by Gasteiger charge is 2.50. The van der Waals surface area contributed by atoms with Gasteiger partial charge in [0, 0.05) is 72.6 Å². The number of hydrogen-bond donors (Lipinski definition) is 7. The van der Waals surface area contributed by atoms with Crippen molar-refractivity contribution in [3.63, 3.8) is 0 Å². The Labute approximate surface area is 392 Å². The first kappa shape index (κ1) is 46.8. The van der Waals surface area contributed by atoms with E-state index in [0.29, 0.717) is 78.2 Å². The van der Waals surface area contributed by atoms with Gasteiger partial charge in [-0.05, 0) is 148 Å². The molecule has 7 N–H and O–H groups in total. The summed E-state index contributed by atoms with van der Waals surface area (Å²) in [5.41, 5.74) is 3.46. The highest BCUT2D eigenvalue weighted by Crippen LogP contribution is 2.55. The monoisotopic (exact) mass is 919 g/mol. The molecule has 13 heteroatoms. The van der Waals surface area contributed by atoms with Gasteiger partial charge in [-0.3, -0.25) is 5.32 Å². The van der Waals surface area contributed by atoms with Gasteiger partial charge in [-0.2, -0.15) is 0 Å². The maximum absolute atomic E-state index is 13.1. The van der Waals surface area contributed by atoms with Gasteiger partial charge in [-0.25, -0.2) is 0 Å². The van der Waals surface area contributed by atoms with Gasteiger partial charge in [0.25, 0.3) is 0 Å². The number of aliphatic hydroxyl groups is 3. The lowest BCUT2D eigenvalue weighted by Crippen LogP contribution is -2.50. The van der Waals surface area contributed by atoms with Crippen LogP contribution in [0.4, 0.5) is 0 Å². The molecule has 0 saturated heterocycles. The van der Waals surface area contributed by atoms with Gasteiger partial charge in [0.2, 0.25) is 0 Å².